The summed E-state index contributed by atoms with van der Waals surface area (Å²) in [7, 11) is -4.35. The Bertz CT molecular complexity index is 828. The second-order valence-electron chi connectivity index (χ2n) is 5.42. The van der Waals surface area contributed by atoms with Crippen molar-refractivity contribution >= 4 is 36.0 Å². The SMILES string of the molecule is Nc1nc(Cl)nc2c1cnn2[C@@H]1O[C@H](COCP(=O)(O)O)[C@@H](O)[C@H]1O. The zero-order valence-corrected chi connectivity index (χ0v) is 14.2. The van der Waals surface area contributed by atoms with Crippen molar-refractivity contribution in [3.8, 4) is 0 Å². The normalized spacial score (nSPS) is 27.2. The van der Waals surface area contributed by atoms with E-state index in [2.05, 4.69) is 15.1 Å². The van der Waals surface area contributed by atoms with Crippen LogP contribution in [0.5, 0.6) is 0 Å². The van der Waals surface area contributed by atoms with Crippen LogP contribution in [0.15, 0.2) is 6.20 Å². The third-order valence-corrected chi connectivity index (χ3v) is 4.26. The van der Waals surface area contributed by atoms with Crippen LogP contribution in [0.1, 0.15) is 6.23 Å². The third kappa shape index (κ3) is 3.76. The van der Waals surface area contributed by atoms with Gasteiger partial charge in [0.1, 0.15) is 30.5 Å². The van der Waals surface area contributed by atoms with Crippen LogP contribution >= 0.6 is 19.2 Å². The highest BCUT2D eigenvalue weighted by molar-refractivity contribution is 7.51. The number of nitrogen functional groups attached to an aromatic ring is 1. The molecule has 0 aromatic carbocycles. The summed E-state index contributed by atoms with van der Waals surface area (Å²) in [6.45, 7) is -0.336. The van der Waals surface area contributed by atoms with Crippen LogP contribution in [-0.2, 0) is 14.0 Å². The molecular weight excluding hydrogens is 381 g/mol. The molecule has 3 heterocycles. The second-order valence-corrected chi connectivity index (χ2v) is 7.34. The van der Waals surface area contributed by atoms with Crippen LogP contribution < -0.4 is 5.73 Å². The molecule has 1 aliphatic heterocycles. The van der Waals surface area contributed by atoms with Crippen molar-refractivity contribution in [2.75, 3.05) is 18.7 Å². The lowest BCUT2D eigenvalue weighted by Crippen LogP contribution is -2.34. The number of nitrogens with zero attached hydrogens (tertiary/aromatic N) is 4. The molecular formula is C11H15ClN5O7P. The predicted octanol–water partition coefficient (Wildman–Crippen LogP) is -1.17. The van der Waals surface area contributed by atoms with Gasteiger partial charge in [0.15, 0.2) is 11.9 Å². The highest BCUT2D eigenvalue weighted by Gasteiger charge is 2.45. The predicted molar refractivity (Wildman–Crippen MR) is 83.5 cm³/mol. The highest BCUT2D eigenvalue weighted by Crippen LogP contribution is 2.35. The molecule has 1 fully saturated rings. The molecule has 3 rings (SSSR count). The van der Waals surface area contributed by atoms with E-state index in [1.807, 2.05) is 0 Å². The Balaban J connectivity index is 1.80. The lowest BCUT2D eigenvalue weighted by atomic mass is 10.1. The Hall–Kier alpha value is -1.37. The van der Waals surface area contributed by atoms with E-state index in [1.54, 1.807) is 0 Å². The fourth-order valence-electron chi connectivity index (χ4n) is 2.46. The van der Waals surface area contributed by atoms with Crippen LogP contribution in [0.3, 0.4) is 0 Å². The lowest BCUT2D eigenvalue weighted by Gasteiger charge is -2.15. The summed E-state index contributed by atoms with van der Waals surface area (Å²) < 4.78 is 22.3. The summed E-state index contributed by atoms with van der Waals surface area (Å²) in [4.78, 5) is 25.3. The smallest absolute Gasteiger partial charge is 0.350 e. The van der Waals surface area contributed by atoms with Crippen molar-refractivity contribution in [2.45, 2.75) is 24.5 Å². The van der Waals surface area contributed by atoms with Gasteiger partial charge >= 0.3 is 7.60 Å². The first kappa shape index (κ1) is 18.4. The van der Waals surface area contributed by atoms with Crippen molar-refractivity contribution in [1.82, 2.24) is 19.7 Å². The molecule has 6 N–H and O–H groups in total. The van der Waals surface area contributed by atoms with E-state index in [0.717, 1.165) is 0 Å². The first-order valence-electron chi connectivity index (χ1n) is 6.97. The Morgan fingerprint density at radius 2 is 2.08 bits per heavy atom. The number of hydrogen-bond acceptors (Lipinski definition) is 9. The van der Waals surface area contributed by atoms with Gasteiger partial charge in [0, 0.05) is 0 Å². The molecule has 0 amide bonds. The number of halogens is 1. The maximum absolute atomic E-state index is 10.8. The molecule has 0 aliphatic carbocycles. The van der Waals surface area contributed by atoms with Gasteiger partial charge < -0.3 is 35.2 Å². The molecule has 0 saturated carbocycles. The first-order valence-corrected chi connectivity index (χ1v) is 9.15. The van der Waals surface area contributed by atoms with E-state index >= 15 is 0 Å². The Morgan fingerprint density at radius 1 is 1.36 bits per heavy atom. The summed E-state index contributed by atoms with van der Waals surface area (Å²) in [6, 6.07) is 0. The van der Waals surface area contributed by atoms with Crippen molar-refractivity contribution in [2.24, 2.45) is 0 Å². The van der Waals surface area contributed by atoms with E-state index < -0.39 is 38.5 Å². The number of fused-ring (bicyclic) bond motifs is 1. The molecule has 0 spiro atoms. The van der Waals surface area contributed by atoms with Crippen LogP contribution in [0.2, 0.25) is 5.28 Å². The largest absolute Gasteiger partial charge is 0.387 e. The number of ether oxygens (including phenoxy) is 2. The number of nitrogens with two attached hydrogens (primary N) is 1. The van der Waals surface area contributed by atoms with Crippen molar-refractivity contribution in [3.05, 3.63) is 11.5 Å². The quantitative estimate of drug-likeness (QED) is 0.303. The highest BCUT2D eigenvalue weighted by atomic mass is 35.5. The second kappa shape index (κ2) is 6.74. The number of aromatic nitrogens is 4. The molecule has 2 aromatic rings. The van der Waals surface area contributed by atoms with Gasteiger partial charge in [-0.05, 0) is 11.6 Å². The molecule has 0 radical (unpaired) electrons. The summed E-state index contributed by atoms with van der Waals surface area (Å²) in [5.41, 5.74) is 5.93. The van der Waals surface area contributed by atoms with Crippen LogP contribution in [0.4, 0.5) is 5.82 Å². The number of rotatable bonds is 5. The van der Waals surface area contributed by atoms with Gasteiger partial charge in [-0.25, -0.2) is 9.67 Å². The Kier molecular flexibility index (Phi) is 4.97. The molecule has 1 aliphatic rings. The van der Waals surface area contributed by atoms with Crippen LogP contribution in [-0.4, -0.2) is 71.0 Å². The monoisotopic (exact) mass is 395 g/mol. The Morgan fingerprint density at radius 3 is 2.76 bits per heavy atom. The zero-order chi connectivity index (χ0) is 18.4. The van der Waals surface area contributed by atoms with E-state index in [1.165, 1.54) is 10.9 Å². The Labute approximate surface area is 145 Å². The van der Waals surface area contributed by atoms with Gasteiger partial charge in [-0.1, -0.05) is 0 Å². The number of hydrogen-bond donors (Lipinski definition) is 5. The van der Waals surface area contributed by atoms with E-state index in [9.17, 15) is 14.8 Å². The van der Waals surface area contributed by atoms with E-state index in [0.29, 0.717) is 5.39 Å². The minimum Gasteiger partial charge on any atom is -0.387 e. The van der Waals surface area contributed by atoms with Crippen LogP contribution in [0, 0.1) is 0 Å². The number of aliphatic hydroxyl groups is 2. The molecule has 4 atom stereocenters. The standard InChI is InChI=1S/C11H15ClN5O7P/c12-11-15-8(13)4-1-14-17(9(4)16-11)10-7(19)6(18)5(24-10)2-23-3-25(20,21)22/h1,5-7,10,18-19H,2-3H2,(H2,13,15,16)(H2,20,21,22)/t5-,6-,7-,10-/m1/s1. The summed E-state index contributed by atoms with van der Waals surface area (Å²) in [5.74, 6) is 0.0933. The molecule has 0 bridgehead atoms. The molecule has 1 saturated heterocycles. The maximum atomic E-state index is 10.8. The maximum Gasteiger partial charge on any atom is 0.350 e. The van der Waals surface area contributed by atoms with Gasteiger partial charge in [0.2, 0.25) is 5.28 Å². The van der Waals surface area contributed by atoms with Crippen LogP contribution in [0.25, 0.3) is 11.0 Å². The fourth-order valence-corrected chi connectivity index (χ4v) is 2.98. The first-order chi connectivity index (χ1) is 11.7. The summed E-state index contributed by atoms with van der Waals surface area (Å²) in [5, 5.41) is 24.6. The van der Waals surface area contributed by atoms with Crippen molar-refractivity contribution in [1.29, 1.82) is 0 Å². The fraction of sp³-hybridized carbons (Fsp3) is 0.545. The van der Waals surface area contributed by atoms with E-state index in [-0.39, 0.29) is 23.4 Å². The number of anilines is 1. The van der Waals surface area contributed by atoms with E-state index in [4.69, 9.17) is 36.6 Å². The molecule has 14 heteroatoms. The van der Waals surface area contributed by atoms with Gasteiger partial charge in [-0.15, -0.1) is 0 Å². The average molecular weight is 396 g/mol. The topological polar surface area (TPSA) is 186 Å². The minimum atomic E-state index is -4.35. The van der Waals surface area contributed by atoms with Gasteiger partial charge in [0.05, 0.1) is 18.2 Å². The van der Waals surface area contributed by atoms with Gasteiger partial charge in [0.25, 0.3) is 0 Å². The minimum absolute atomic E-state index is 0.0933. The summed E-state index contributed by atoms with van der Waals surface area (Å²) >= 11 is 5.77. The lowest BCUT2D eigenvalue weighted by molar-refractivity contribution is -0.0658. The third-order valence-electron chi connectivity index (χ3n) is 3.58. The summed E-state index contributed by atoms with van der Waals surface area (Å²) in [6.07, 6.45) is -4.37. The van der Waals surface area contributed by atoms with Gasteiger partial charge in [-0.3, -0.25) is 4.57 Å². The average Bonchev–Trinajstić information content (AvgIpc) is 3.02. The van der Waals surface area contributed by atoms with Crippen molar-refractivity contribution < 1.29 is 34.0 Å². The van der Waals surface area contributed by atoms with Gasteiger partial charge in [-0.2, -0.15) is 10.1 Å². The molecule has 25 heavy (non-hydrogen) atoms. The van der Waals surface area contributed by atoms with Crippen molar-refractivity contribution in [3.63, 3.8) is 0 Å². The number of aliphatic hydroxyl groups excluding tert-OH is 2. The molecule has 2 aromatic heterocycles. The molecule has 12 nitrogen and oxygen atoms in total. The molecule has 138 valence electrons. The zero-order valence-electron chi connectivity index (χ0n) is 12.5. The molecule has 0 unspecified atom stereocenters.